The molecule has 1 aliphatic carbocycles. The zero-order chi connectivity index (χ0) is 15.5. The van der Waals surface area contributed by atoms with E-state index in [-0.39, 0.29) is 11.6 Å². The number of halogens is 3. The van der Waals surface area contributed by atoms with Gasteiger partial charge in [-0.05, 0) is 30.5 Å². The number of nitrogens with one attached hydrogen (secondary N) is 2. The highest BCUT2D eigenvalue weighted by Crippen LogP contribution is 2.29. The third-order valence-corrected chi connectivity index (χ3v) is 2.71. The first-order chi connectivity index (χ1) is 9.86. The molecule has 8 heteroatoms. The molecule has 0 bridgehead atoms. The standard InChI is InChI=1S/C13H12F3N3O2/c14-13(15,16)9-3-1-2-8(6-9)7-17-19-12(21)11(20)18-10-4-5-10/h1-3,6-7,10H,4-5H2,(H,18,20)(H,19,21)/b17-7-. The summed E-state index contributed by atoms with van der Waals surface area (Å²) in [6.45, 7) is 0. The number of hydrogen-bond donors (Lipinski definition) is 2. The molecule has 112 valence electrons. The number of rotatable bonds is 3. The van der Waals surface area contributed by atoms with Crippen molar-refractivity contribution in [3.05, 3.63) is 35.4 Å². The second kappa shape index (κ2) is 5.94. The van der Waals surface area contributed by atoms with Gasteiger partial charge in [-0.2, -0.15) is 18.3 Å². The van der Waals surface area contributed by atoms with Crippen LogP contribution < -0.4 is 10.7 Å². The Morgan fingerprint density at radius 3 is 2.57 bits per heavy atom. The van der Waals surface area contributed by atoms with Gasteiger partial charge in [0.1, 0.15) is 0 Å². The maximum Gasteiger partial charge on any atom is 0.416 e. The van der Waals surface area contributed by atoms with Gasteiger partial charge < -0.3 is 5.32 Å². The summed E-state index contributed by atoms with van der Waals surface area (Å²) in [4.78, 5) is 22.6. The van der Waals surface area contributed by atoms with Gasteiger partial charge in [-0.3, -0.25) is 9.59 Å². The first kappa shape index (κ1) is 15.0. The van der Waals surface area contributed by atoms with Gasteiger partial charge in [-0.1, -0.05) is 12.1 Å². The van der Waals surface area contributed by atoms with Gasteiger partial charge in [0.25, 0.3) is 0 Å². The summed E-state index contributed by atoms with van der Waals surface area (Å²) in [5.41, 5.74) is 1.30. The first-order valence-electron chi connectivity index (χ1n) is 6.17. The quantitative estimate of drug-likeness (QED) is 0.503. The van der Waals surface area contributed by atoms with Crippen molar-refractivity contribution in [2.75, 3.05) is 0 Å². The maximum atomic E-state index is 12.5. The fraction of sp³-hybridized carbons (Fsp3) is 0.308. The highest BCUT2D eigenvalue weighted by atomic mass is 19.4. The van der Waals surface area contributed by atoms with E-state index < -0.39 is 23.6 Å². The van der Waals surface area contributed by atoms with Crippen LogP contribution in [0, 0.1) is 0 Å². The Hall–Kier alpha value is -2.38. The van der Waals surface area contributed by atoms with E-state index in [9.17, 15) is 22.8 Å². The molecule has 0 spiro atoms. The van der Waals surface area contributed by atoms with E-state index in [1.807, 2.05) is 5.43 Å². The molecule has 2 amide bonds. The molecule has 0 heterocycles. The van der Waals surface area contributed by atoms with Crippen molar-refractivity contribution in [1.82, 2.24) is 10.7 Å². The van der Waals surface area contributed by atoms with Crippen LogP contribution in [-0.2, 0) is 15.8 Å². The molecule has 2 N–H and O–H groups in total. The fourth-order valence-electron chi connectivity index (χ4n) is 1.49. The summed E-state index contributed by atoms with van der Waals surface area (Å²) >= 11 is 0. The largest absolute Gasteiger partial charge is 0.416 e. The summed E-state index contributed by atoms with van der Waals surface area (Å²) in [5.74, 6) is -1.76. The predicted octanol–water partition coefficient (Wildman–Crippen LogP) is 1.43. The minimum absolute atomic E-state index is 0.0377. The summed E-state index contributed by atoms with van der Waals surface area (Å²) in [6, 6.07) is 4.48. The van der Waals surface area contributed by atoms with E-state index >= 15 is 0 Å². The van der Waals surface area contributed by atoms with Crippen LogP contribution in [0.15, 0.2) is 29.4 Å². The molecule has 0 atom stereocenters. The summed E-state index contributed by atoms with van der Waals surface area (Å²) in [7, 11) is 0. The van der Waals surface area contributed by atoms with Gasteiger partial charge >= 0.3 is 18.0 Å². The van der Waals surface area contributed by atoms with Crippen LogP contribution in [0.2, 0.25) is 0 Å². The molecular formula is C13H12F3N3O2. The number of amides is 2. The van der Waals surface area contributed by atoms with Crippen molar-refractivity contribution in [1.29, 1.82) is 0 Å². The monoisotopic (exact) mass is 299 g/mol. The lowest BCUT2D eigenvalue weighted by Crippen LogP contribution is -2.38. The topological polar surface area (TPSA) is 70.6 Å². The van der Waals surface area contributed by atoms with Gasteiger partial charge in [0.15, 0.2) is 0 Å². The van der Waals surface area contributed by atoms with Gasteiger partial charge in [-0.25, -0.2) is 5.43 Å². The second-order valence-electron chi connectivity index (χ2n) is 4.57. The number of carbonyl (C=O) groups excluding carboxylic acids is 2. The third kappa shape index (κ3) is 4.59. The Balaban J connectivity index is 1.91. The lowest BCUT2D eigenvalue weighted by atomic mass is 10.1. The first-order valence-corrected chi connectivity index (χ1v) is 6.17. The van der Waals surface area contributed by atoms with Crippen molar-refractivity contribution in [2.45, 2.75) is 25.1 Å². The maximum absolute atomic E-state index is 12.5. The van der Waals surface area contributed by atoms with Gasteiger partial charge in [0.05, 0.1) is 11.8 Å². The molecule has 21 heavy (non-hydrogen) atoms. The molecule has 2 rings (SSSR count). The number of hydrazone groups is 1. The molecule has 1 aromatic carbocycles. The molecule has 0 unspecified atom stereocenters. The van der Waals surface area contributed by atoms with Crippen molar-refractivity contribution >= 4 is 18.0 Å². The molecular weight excluding hydrogens is 287 g/mol. The fourth-order valence-corrected chi connectivity index (χ4v) is 1.49. The zero-order valence-electron chi connectivity index (χ0n) is 10.8. The lowest BCUT2D eigenvalue weighted by molar-refractivity contribution is -0.139. The summed E-state index contributed by atoms with van der Waals surface area (Å²) in [6.07, 6.45) is -1.73. The van der Waals surface area contributed by atoms with Crippen molar-refractivity contribution < 1.29 is 22.8 Å². The van der Waals surface area contributed by atoms with Crippen LogP contribution in [-0.4, -0.2) is 24.1 Å². The zero-order valence-corrected chi connectivity index (χ0v) is 10.8. The minimum atomic E-state index is -4.45. The number of alkyl halides is 3. The number of benzene rings is 1. The smallest absolute Gasteiger partial charge is 0.345 e. The Labute approximate surface area is 118 Å². The van der Waals surface area contributed by atoms with E-state index in [0.29, 0.717) is 0 Å². The Morgan fingerprint density at radius 2 is 1.95 bits per heavy atom. The highest BCUT2D eigenvalue weighted by molar-refractivity contribution is 6.35. The molecule has 5 nitrogen and oxygen atoms in total. The Bertz CT molecular complexity index is 580. The van der Waals surface area contributed by atoms with Crippen LogP contribution >= 0.6 is 0 Å². The molecule has 0 aliphatic heterocycles. The van der Waals surface area contributed by atoms with E-state index in [1.54, 1.807) is 0 Å². The second-order valence-corrected chi connectivity index (χ2v) is 4.57. The number of carbonyl (C=O) groups is 2. The lowest BCUT2D eigenvalue weighted by Gasteiger charge is -2.06. The molecule has 0 aromatic heterocycles. The third-order valence-electron chi connectivity index (χ3n) is 2.71. The van der Waals surface area contributed by atoms with E-state index in [4.69, 9.17) is 0 Å². The van der Waals surface area contributed by atoms with Crippen LogP contribution in [0.3, 0.4) is 0 Å². The number of hydrogen-bond acceptors (Lipinski definition) is 3. The van der Waals surface area contributed by atoms with Gasteiger partial charge in [-0.15, -0.1) is 0 Å². The van der Waals surface area contributed by atoms with Gasteiger partial charge in [0, 0.05) is 6.04 Å². The molecule has 1 saturated carbocycles. The average Bonchev–Trinajstić information content (AvgIpc) is 3.22. The predicted molar refractivity (Wildman–Crippen MR) is 68.3 cm³/mol. The van der Waals surface area contributed by atoms with E-state index in [2.05, 4.69) is 10.4 Å². The normalized spacial score (nSPS) is 15.0. The van der Waals surface area contributed by atoms with E-state index in [0.717, 1.165) is 31.2 Å². The highest BCUT2D eigenvalue weighted by Gasteiger charge is 2.30. The van der Waals surface area contributed by atoms with E-state index in [1.165, 1.54) is 12.1 Å². The SMILES string of the molecule is O=C(N/N=C\c1cccc(C(F)(F)F)c1)C(=O)NC1CC1. The van der Waals surface area contributed by atoms with Crippen LogP contribution in [0.5, 0.6) is 0 Å². The van der Waals surface area contributed by atoms with Crippen molar-refractivity contribution in [2.24, 2.45) is 5.10 Å². The summed E-state index contributed by atoms with van der Waals surface area (Å²) < 4.78 is 37.5. The number of nitrogens with zero attached hydrogens (tertiary/aromatic N) is 1. The molecule has 0 saturated heterocycles. The Kier molecular flexibility index (Phi) is 4.25. The van der Waals surface area contributed by atoms with Crippen LogP contribution in [0.1, 0.15) is 24.0 Å². The van der Waals surface area contributed by atoms with Crippen molar-refractivity contribution in [3.63, 3.8) is 0 Å². The van der Waals surface area contributed by atoms with Crippen LogP contribution in [0.25, 0.3) is 0 Å². The van der Waals surface area contributed by atoms with Crippen molar-refractivity contribution in [3.8, 4) is 0 Å². The molecule has 1 aromatic rings. The van der Waals surface area contributed by atoms with Gasteiger partial charge in [0.2, 0.25) is 0 Å². The minimum Gasteiger partial charge on any atom is -0.345 e. The molecule has 0 radical (unpaired) electrons. The Morgan fingerprint density at radius 1 is 1.24 bits per heavy atom. The average molecular weight is 299 g/mol. The summed E-state index contributed by atoms with van der Waals surface area (Å²) in [5, 5.41) is 5.92. The molecule has 1 fully saturated rings. The van der Waals surface area contributed by atoms with Crippen LogP contribution in [0.4, 0.5) is 13.2 Å². The molecule has 1 aliphatic rings.